The van der Waals surface area contributed by atoms with Crippen molar-refractivity contribution in [2.24, 2.45) is 0 Å². The summed E-state index contributed by atoms with van der Waals surface area (Å²) in [5.41, 5.74) is 0.929. The van der Waals surface area contributed by atoms with Crippen molar-refractivity contribution in [2.75, 3.05) is 25.6 Å². The van der Waals surface area contributed by atoms with Gasteiger partial charge in [0.1, 0.15) is 0 Å². The van der Waals surface area contributed by atoms with Crippen molar-refractivity contribution in [1.29, 1.82) is 0 Å². The fraction of sp³-hybridized carbons (Fsp3) is 0.571. The van der Waals surface area contributed by atoms with Gasteiger partial charge in [-0.05, 0) is 44.0 Å². The summed E-state index contributed by atoms with van der Waals surface area (Å²) in [6, 6.07) is 6.64. The van der Waals surface area contributed by atoms with Crippen molar-refractivity contribution in [3.63, 3.8) is 0 Å². The predicted molar refractivity (Wildman–Crippen MR) is 81.5 cm³/mol. The highest BCUT2D eigenvalue weighted by molar-refractivity contribution is 7.89. The second-order valence-electron chi connectivity index (χ2n) is 4.75. The Labute approximate surface area is 121 Å². The molecule has 0 aliphatic carbocycles. The fourth-order valence-corrected chi connectivity index (χ4v) is 2.99. The van der Waals surface area contributed by atoms with Gasteiger partial charge in [0.15, 0.2) is 0 Å². The van der Waals surface area contributed by atoms with Gasteiger partial charge in [-0.2, -0.15) is 0 Å². The molecule has 0 saturated heterocycles. The first-order chi connectivity index (χ1) is 9.49. The lowest BCUT2D eigenvalue weighted by atomic mass is 10.3. The molecule has 20 heavy (non-hydrogen) atoms. The molecule has 1 aromatic carbocycles. The topological polar surface area (TPSA) is 67.4 Å². The van der Waals surface area contributed by atoms with Crippen LogP contribution in [0.2, 0.25) is 0 Å². The van der Waals surface area contributed by atoms with E-state index in [0.29, 0.717) is 13.0 Å². The van der Waals surface area contributed by atoms with E-state index in [-0.39, 0.29) is 10.9 Å². The number of hydrogen-bond donors (Lipinski definition) is 2. The first kappa shape index (κ1) is 16.9. The van der Waals surface area contributed by atoms with Gasteiger partial charge < -0.3 is 10.1 Å². The first-order valence-corrected chi connectivity index (χ1v) is 8.33. The van der Waals surface area contributed by atoms with Crippen LogP contribution in [-0.2, 0) is 14.8 Å². The first-order valence-electron chi connectivity index (χ1n) is 6.84. The maximum absolute atomic E-state index is 12.2. The van der Waals surface area contributed by atoms with Crippen LogP contribution in [0.4, 0.5) is 5.69 Å². The van der Waals surface area contributed by atoms with Crippen LogP contribution in [0.3, 0.4) is 0 Å². The smallest absolute Gasteiger partial charge is 0.240 e. The van der Waals surface area contributed by atoms with Gasteiger partial charge in [0.25, 0.3) is 0 Å². The van der Waals surface area contributed by atoms with Crippen LogP contribution in [0.1, 0.15) is 26.7 Å². The van der Waals surface area contributed by atoms with Crippen molar-refractivity contribution in [2.45, 2.75) is 37.6 Å². The molecular formula is C14H24N2O3S. The van der Waals surface area contributed by atoms with Crippen molar-refractivity contribution in [3.8, 4) is 0 Å². The lowest BCUT2D eigenvalue weighted by molar-refractivity contribution is 0.188. The molecule has 0 heterocycles. The lowest BCUT2D eigenvalue weighted by Gasteiger charge is -2.14. The Kier molecular flexibility index (Phi) is 6.98. The van der Waals surface area contributed by atoms with E-state index in [2.05, 4.69) is 17.0 Å². The van der Waals surface area contributed by atoms with Crippen molar-refractivity contribution in [1.82, 2.24) is 4.72 Å². The number of hydrogen-bond acceptors (Lipinski definition) is 4. The molecule has 114 valence electrons. The molecule has 1 rings (SSSR count). The lowest BCUT2D eigenvalue weighted by Crippen LogP contribution is -2.33. The van der Waals surface area contributed by atoms with E-state index in [1.165, 1.54) is 0 Å². The molecule has 0 amide bonds. The summed E-state index contributed by atoms with van der Waals surface area (Å²) < 4.78 is 31.9. The summed E-state index contributed by atoms with van der Waals surface area (Å²) in [4.78, 5) is 0.281. The van der Waals surface area contributed by atoms with Crippen LogP contribution < -0.4 is 10.0 Å². The molecule has 1 atom stereocenters. The van der Waals surface area contributed by atoms with E-state index >= 15 is 0 Å². The summed E-state index contributed by atoms with van der Waals surface area (Å²) >= 11 is 0. The third-order valence-electron chi connectivity index (χ3n) is 2.86. The number of rotatable bonds is 9. The molecule has 1 unspecified atom stereocenters. The van der Waals surface area contributed by atoms with Crippen molar-refractivity contribution in [3.05, 3.63) is 24.3 Å². The molecule has 0 spiro atoms. The number of methoxy groups -OCH3 is 1. The second kappa shape index (κ2) is 8.24. The highest BCUT2D eigenvalue weighted by atomic mass is 32.2. The Morgan fingerprint density at radius 3 is 2.45 bits per heavy atom. The largest absolute Gasteiger partial charge is 0.385 e. The highest BCUT2D eigenvalue weighted by Gasteiger charge is 2.16. The SMILES string of the molecule is CCCNc1ccc(S(=O)(=O)NC(C)CCOC)cc1. The van der Waals surface area contributed by atoms with Crippen molar-refractivity contribution >= 4 is 15.7 Å². The monoisotopic (exact) mass is 300 g/mol. The summed E-state index contributed by atoms with van der Waals surface area (Å²) in [5.74, 6) is 0. The molecule has 5 nitrogen and oxygen atoms in total. The van der Waals surface area contributed by atoms with Crippen LogP contribution in [0, 0.1) is 0 Å². The number of sulfonamides is 1. The molecule has 0 bridgehead atoms. The Morgan fingerprint density at radius 1 is 1.25 bits per heavy atom. The summed E-state index contributed by atoms with van der Waals surface area (Å²) in [6.45, 7) is 5.31. The predicted octanol–water partition coefficient (Wildman–Crippen LogP) is 2.21. The van der Waals surface area contributed by atoms with Gasteiger partial charge in [0, 0.05) is 32.0 Å². The zero-order chi connectivity index (χ0) is 15.0. The molecule has 0 radical (unpaired) electrons. The molecule has 6 heteroatoms. The minimum Gasteiger partial charge on any atom is -0.385 e. The molecule has 0 aromatic heterocycles. The highest BCUT2D eigenvalue weighted by Crippen LogP contribution is 2.14. The van der Waals surface area contributed by atoms with Crippen LogP contribution in [-0.4, -0.2) is 34.7 Å². The second-order valence-corrected chi connectivity index (χ2v) is 6.47. The molecule has 0 aliphatic rings. The van der Waals surface area contributed by atoms with Crippen LogP contribution >= 0.6 is 0 Å². The van der Waals surface area contributed by atoms with E-state index in [9.17, 15) is 8.42 Å². The molecule has 1 aromatic rings. The third kappa shape index (κ3) is 5.48. The number of anilines is 1. The summed E-state index contributed by atoms with van der Waals surface area (Å²) in [5, 5.41) is 3.21. The van der Waals surface area contributed by atoms with Gasteiger partial charge in [-0.15, -0.1) is 0 Å². The molecule has 2 N–H and O–H groups in total. The van der Waals surface area contributed by atoms with E-state index in [1.807, 2.05) is 6.92 Å². The average Bonchev–Trinajstić information content (AvgIpc) is 2.43. The average molecular weight is 300 g/mol. The van der Waals surface area contributed by atoms with E-state index in [4.69, 9.17) is 4.74 Å². The molecular weight excluding hydrogens is 276 g/mol. The van der Waals surface area contributed by atoms with Gasteiger partial charge in [0.05, 0.1) is 4.90 Å². The molecule has 0 aliphatic heterocycles. The quantitative estimate of drug-likeness (QED) is 0.734. The van der Waals surface area contributed by atoms with Crippen LogP contribution in [0.5, 0.6) is 0 Å². The fourth-order valence-electron chi connectivity index (χ4n) is 1.71. The van der Waals surface area contributed by atoms with Gasteiger partial charge >= 0.3 is 0 Å². The zero-order valence-corrected chi connectivity index (χ0v) is 13.2. The Morgan fingerprint density at radius 2 is 1.90 bits per heavy atom. The minimum absolute atomic E-state index is 0.155. The Hall–Kier alpha value is -1.11. The Bertz CT molecular complexity index is 486. The normalized spacial score (nSPS) is 13.2. The van der Waals surface area contributed by atoms with Gasteiger partial charge in [0.2, 0.25) is 10.0 Å². The van der Waals surface area contributed by atoms with Crippen molar-refractivity contribution < 1.29 is 13.2 Å². The van der Waals surface area contributed by atoms with Gasteiger partial charge in [-0.3, -0.25) is 0 Å². The van der Waals surface area contributed by atoms with Crippen LogP contribution in [0.25, 0.3) is 0 Å². The van der Waals surface area contributed by atoms with E-state index < -0.39 is 10.0 Å². The molecule has 0 saturated carbocycles. The number of ether oxygens (including phenoxy) is 1. The zero-order valence-electron chi connectivity index (χ0n) is 12.3. The maximum atomic E-state index is 12.2. The summed E-state index contributed by atoms with van der Waals surface area (Å²) in [7, 11) is -1.86. The Balaban J connectivity index is 2.67. The maximum Gasteiger partial charge on any atom is 0.240 e. The van der Waals surface area contributed by atoms with Gasteiger partial charge in [-0.25, -0.2) is 13.1 Å². The van der Waals surface area contributed by atoms with Crippen LogP contribution in [0.15, 0.2) is 29.2 Å². The van der Waals surface area contributed by atoms with Gasteiger partial charge in [-0.1, -0.05) is 6.92 Å². The third-order valence-corrected chi connectivity index (χ3v) is 4.46. The molecule has 0 fully saturated rings. The minimum atomic E-state index is -3.46. The van der Waals surface area contributed by atoms with E-state index in [0.717, 1.165) is 18.7 Å². The summed E-state index contributed by atoms with van der Waals surface area (Å²) in [6.07, 6.45) is 1.67. The van der Waals surface area contributed by atoms with E-state index in [1.54, 1.807) is 31.4 Å². The number of benzene rings is 1. The standard InChI is InChI=1S/C14H24N2O3S/c1-4-10-15-13-5-7-14(8-6-13)20(17,18)16-12(2)9-11-19-3/h5-8,12,15-16H,4,9-11H2,1-3H3. The number of nitrogens with one attached hydrogen (secondary N) is 2.